The minimum atomic E-state index is -0.286. The molecule has 6 nitrogen and oxygen atoms in total. The number of carbonyl (C=O) groups excluding carboxylic acids is 1. The second-order valence-corrected chi connectivity index (χ2v) is 5.72. The van der Waals surface area contributed by atoms with E-state index in [1.807, 2.05) is 36.4 Å². The van der Waals surface area contributed by atoms with Gasteiger partial charge in [-0.3, -0.25) is 4.79 Å². The van der Waals surface area contributed by atoms with E-state index in [2.05, 4.69) is 15.5 Å². The highest BCUT2D eigenvalue weighted by Gasteiger charge is 2.10. The number of halogens is 1. The molecule has 1 amide bonds. The molecular weight excluding hydrogens is 354 g/mol. The number of carbonyl (C=O) groups is 1. The van der Waals surface area contributed by atoms with E-state index in [1.165, 1.54) is 6.08 Å². The number of benzene rings is 2. The summed E-state index contributed by atoms with van der Waals surface area (Å²) in [5, 5.41) is 7.18. The highest BCUT2D eigenvalue weighted by Crippen LogP contribution is 2.21. The number of ether oxygens (including phenoxy) is 1. The monoisotopic (exact) mass is 369 g/mol. The molecule has 0 aliphatic carbocycles. The maximum Gasteiger partial charge on any atom is 0.246 e. The van der Waals surface area contributed by atoms with E-state index in [9.17, 15) is 4.79 Å². The fourth-order valence-corrected chi connectivity index (χ4v) is 2.40. The summed E-state index contributed by atoms with van der Waals surface area (Å²) in [5.41, 5.74) is 1.53. The molecule has 0 aliphatic heterocycles. The summed E-state index contributed by atoms with van der Waals surface area (Å²) in [5.74, 6) is 1.15. The molecule has 1 N–H and O–H groups in total. The van der Waals surface area contributed by atoms with Gasteiger partial charge in [-0.05, 0) is 29.8 Å². The first kappa shape index (κ1) is 17.7. The van der Waals surface area contributed by atoms with Crippen molar-refractivity contribution >= 4 is 23.6 Å². The van der Waals surface area contributed by atoms with Crippen LogP contribution in [0.15, 0.2) is 59.1 Å². The van der Waals surface area contributed by atoms with Gasteiger partial charge >= 0.3 is 0 Å². The number of methoxy groups -OCH3 is 1. The van der Waals surface area contributed by atoms with Gasteiger partial charge < -0.3 is 14.6 Å². The third-order valence-electron chi connectivity index (χ3n) is 3.53. The van der Waals surface area contributed by atoms with Crippen molar-refractivity contribution in [3.8, 4) is 17.1 Å². The first-order chi connectivity index (χ1) is 12.7. The maximum atomic E-state index is 11.9. The molecular formula is C19H16ClN3O3. The van der Waals surface area contributed by atoms with Gasteiger partial charge in [0, 0.05) is 16.7 Å². The molecule has 0 unspecified atom stereocenters. The van der Waals surface area contributed by atoms with Crippen molar-refractivity contribution in [1.29, 1.82) is 0 Å². The predicted octanol–water partition coefficient (Wildman–Crippen LogP) is 3.73. The first-order valence-electron chi connectivity index (χ1n) is 7.83. The normalized spacial score (nSPS) is 10.8. The lowest BCUT2D eigenvalue weighted by molar-refractivity contribution is -0.116. The van der Waals surface area contributed by atoms with Gasteiger partial charge in [0.05, 0.1) is 13.7 Å². The van der Waals surface area contributed by atoms with E-state index in [4.69, 9.17) is 20.9 Å². The number of aromatic nitrogens is 2. The quantitative estimate of drug-likeness (QED) is 0.670. The molecule has 0 spiro atoms. The standard InChI is InChI=1S/C19H16ClN3O3/c1-25-15-7-4-6-14(11-15)19-22-18(26-23-19)12-21-17(24)10-9-13-5-2-3-8-16(13)20/h2-11H,12H2,1H3,(H,21,24)/b10-9+. The average molecular weight is 370 g/mol. The third kappa shape index (κ3) is 4.49. The van der Waals surface area contributed by atoms with Gasteiger partial charge in [-0.25, -0.2) is 0 Å². The molecule has 0 fully saturated rings. The Hall–Kier alpha value is -3.12. The summed E-state index contributed by atoms with van der Waals surface area (Å²) in [7, 11) is 1.59. The molecule has 0 bridgehead atoms. The summed E-state index contributed by atoms with van der Waals surface area (Å²) in [6.45, 7) is 0.128. The summed E-state index contributed by atoms with van der Waals surface area (Å²) < 4.78 is 10.3. The Morgan fingerprint density at radius 2 is 2.12 bits per heavy atom. The summed E-state index contributed by atoms with van der Waals surface area (Å²) >= 11 is 6.04. The molecule has 0 radical (unpaired) electrons. The second kappa shape index (κ2) is 8.31. The Balaban J connectivity index is 1.59. The molecule has 0 aliphatic rings. The van der Waals surface area contributed by atoms with Gasteiger partial charge in [0.1, 0.15) is 5.75 Å². The van der Waals surface area contributed by atoms with Crippen molar-refractivity contribution in [2.24, 2.45) is 0 Å². The molecule has 1 heterocycles. The van der Waals surface area contributed by atoms with Gasteiger partial charge in [-0.15, -0.1) is 0 Å². The van der Waals surface area contributed by atoms with Gasteiger partial charge in [0.25, 0.3) is 0 Å². The molecule has 7 heteroatoms. The van der Waals surface area contributed by atoms with Gasteiger partial charge in [-0.2, -0.15) is 4.98 Å². The number of hydrogen-bond donors (Lipinski definition) is 1. The Labute approximate surface area is 155 Å². The number of hydrogen-bond acceptors (Lipinski definition) is 5. The van der Waals surface area contributed by atoms with Crippen molar-refractivity contribution in [3.63, 3.8) is 0 Å². The highest BCUT2D eigenvalue weighted by molar-refractivity contribution is 6.32. The Bertz CT molecular complexity index is 937. The molecule has 0 saturated carbocycles. The van der Waals surface area contributed by atoms with E-state index in [0.717, 1.165) is 11.1 Å². The molecule has 1 aromatic heterocycles. The van der Waals surface area contributed by atoms with Gasteiger partial charge in [0.2, 0.25) is 17.6 Å². The lowest BCUT2D eigenvalue weighted by atomic mass is 10.2. The van der Waals surface area contributed by atoms with Crippen LogP contribution in [0.3, 0.4) is 0 Å². The fourth-order valence-electron chi connectivity index (χ4n) is 2.20. The van der Waals surface area contributed by atoms with E-state index in [0.29, 0.717) is 22.5 Å². The third-order valence-corrected chi connectivity index (χ3v) is 3.87. The molecule has 2 aromatic carbocycles. The van der Waals surface area contributed by atoms with Gasteiger partial charge in [0.15, 0.2) is 0 Å². The van der Waals surface area contributed by atoms with Crippen LogP contribution in [0.2, 0.25) is 5.02 Å². The minimum absolute atomic E-state index is 0.128. The molecule has 132 valence electrons. The summed E-state index contributed by atoms with van der Waals surface area (Å²) in [4.78, 5) is 16.2. The summed E-state index contributed by atoms with van der Waals surface area (Å²) in [6.07, 6.45) is 3.05. The van der Waals surface area contributed by atoms with Crippen LogP contribution >= 0.6 is 11.6 Å². The van der Waals surface area contributed by atoms with Crippen LogP contribution in [-0.2, 0) is 11.3 Å². The Morgan fingerprint density at radius 1 is 1.27 bits per heavy atom. The van der Waals surface area contributed by atoms with Crippen LogP contribution in [-0.4, -0.2) is 23.2 Å². The molecule has 0 atom stereocenters. The van der Waals surface area contributed by atoms with Crippen LogP contribution in [0.25, 0.3) is 17.5 Å². The first-order valence-corrected chi connectivity index (χ1v) is 8.21. The highest BCUT2D eigenvalue weighted by atomic mass is 35.5. The van der Waals surface area contributed by atoms with Crippen LogP contribution in [0.5, 0.6) is 5.75 Å². The van der Waals surface area contributed by atoms with Crippen LogP contribution < -0.4 is 10.1 Å². The largest absolute Gasteiger partial charge is 0.497 e. The average Bonchev–Trinajstić information content (AvgIpc) is 3.15. The SMILES string of the molecule is COc1cccc(-c2noc(CNC(=O)/C=C/c3ccccc3Cl)n2)c1. The predicted molar refractivity (Wildman–Crippen MR) is 98.6 cm³/mol. The lowest BCUT2D eigenvalue weighted by Gasteiger charge is -2.00. The van der Waals surface area contributed by atoms with Gasteiger partial charge in [-0.1, -0.05) is 47.1 Å². The van der Waals surface area contributed by atoms with Crippen molar-refractivity contribution in [2.45, 2.75) is 6.54 Å². The number of nitrogens with zero attached hydrogens (tertiary/aromatic N) is 2. The Kier molecular flexibility index (Phi) is 5.66. The maximum absolute atomic E-state index is 11.9. The van der Waals surface area contributed by atoms with E-state index < -0.39 is 0 Å². The minimum Gasteiger partial charge on any atom is -0.497 e. The van der Waals surface area contributed by atoms with Crippen LogP contribution in [0, 0.1) is 0 Å². The fraction of sp³-hybridized carbons (Fsp3) is 0.105. The lowest BCUT2D eigenvalue weighted by Crippen LogP contribution is -2.20. The number of nitrogens with one attached hydrogen (secondary N) is 1. The summed E-state index contributed by atoms with van der Waals surface area (Å²) in [6, 6.07) is 14.6. The van der Waals surface area contributed by atoms with Crippen LogP contribution in [0.4, 0.5) is 0 Å². The van der Waals surface area contributed by atoms with E-state index >= 15 is 0 Å². The molecule has 0 saturated heterocycles. The molecule has 26 heavy (non-hydrogen) atoms. The molecule has 3 rings (SSSR count). The van der Waals surface area contributed by atoms with Crippen molar-refractivity contribution < 1.29 is 14.1 Å². The zero-order valence-corrected chi connectivity index (χ0v) is 14.7. The van der Waals surface area contributed by atoms with Crippen molar-refractivity contribution in [1.82, 2.24) is 15.5 Å². The second-order valence-electron chi connectivity index (χ2n) is 5.32. The zero-order chi connectivity index (χ0) is 18.4. The van der Waals surface area contributed by atoms with Crippen LogP contribution in [0.1, 0.15) is 11.5 Å². The number of rotatable bonds is 6. The van der Waals surface area contributed by atoms with Crippen molar-refractivity contribution in [2.75, 3.05) is 7.11 Å². The number of amides is 1. The van der Waals surface area contributed by atoms with E-state index in [-0.39, 0.29) is 12.5 Å². The van der Waals surface area contributed by atoms with Crippen molar-refractivity contribution in [3.05, 3.63) is 71.1 Å². The smallest absolute Gasteiger partial charge is 0.246 e. The Morgan fingerprint density at radius 3 is 2.92 bits per heavy atom. The van der Waals surface area contributed by atoms with E-state index in [1.54, 1.807) is 25.3 Å². The topological polar surface area (TPSA) is 77.3 Å². The zero-order valence-electron chi connectivity index (χ0n) is 14.0. The molecule has 3 aromatic rings.